The molecule has 1 heterocycles. The zero-order chi connectivity index (χ0) is 25.7. The van der Waals surface area contributed by atoms with E-state index in [9.17, 15) is 19.7 Å². The highest BCUT2D eigenvalue weighted by molar-refractivity contribution is 8.15. The van der Waals surface area contributed by atoms with Crippen molar-refractivity contribution in [1.82, 2.24) is 4.90 Å². The molecule has 1 N–H and O–H groups in total. The minimum Gasteiger partial charge on any atom is -0.492 e. The van der Waals surface area contributed by atoms with E-state index in [4.69, 9.17) is 21.3 Å². The summed E-state index contributed by atoms with van der Waals surface area (Å²) in [6.45, 7) is 8.33. The summed E-state index contributed by atoms with van der Waals surface area (Å²) in [4.78, 5) is 43.0. The van der Waals surface area contributed by atoms with Crippen LogP contribution in [0.4, 0.5) is 17.1 Å². The van der Waals surface area contributed by atoms with Crippen LogP contribution in [0, 0.1) is 16.0 Å². The first-order chi connectivity index (χ1) is 16.6. The molecule has 0 bridgehead atoms. The zero-order valence-electron chi connectivity index (χ0n) is 19.9. The van der Waals surface area contributed by atoms with E-state index in [2.05, 4.69) is 5.32 Å². The fourth-order valence-corrected chi connectivity index (χ4v) is 4.78. The summed E-state index contributed by atoms with van der Waals surface area (Å²) in [5.74, 6) is 0.0628. The molecule has 0 unspecified atom stereocenters. The molecule has 186 valence electrons. The van der Waals surface area contributed by atoms with Crippen LogP contribution in [0.3, 0.4) is 0 Å². The van der Waals surface area contributed by atoms with Crippen LogP contribution in [0.1, 0.15) is 34.1 Å². The number of aliphatic imine (C=N–C) groups is 1. The van der Waals surface area contributed by atoms with Crippen molar-refractivity contribution in [2.45, 2.75) is 45.4 Å². The van der Waals surface area contributed by atoms with E-state index >= 15 is 0 Å². The van der Waals surface area contributed by atoms with Gasteiger partial charge in [0.15, 0.2) is 5.17 Å². The molecule has 2 amide bonds. The predicted molar refractivity (Wildman–Crippen MR) is 139 cm³/mol. The Morgan fingerprint density at radius 2 is 2.00 bits per heavy atom. The number of nitrogens with one attached hydrogen (secondary N) is 1. The molecule has 2 aromatic rings. The minimum atomic E-state index is -0.702. The molecule has 3 rings (SSSR count). The highest BCUT2D eigenvalue weighted by Gasteiger charge is 2.42. The smallest absolute Gasteiger partial charge is 0.271 e. The van der Waals surface area contributed by atoms with Crippen LogP contribution in [-0.4, -0.2) is 44.7 Å². The van der Waals surface area contributed by atoms with Crippen molar-refractivity contribution in [3.63, 3.8) is 0 Å². The molecular weight excluding hydrogens is 492 g/mol. The summed E-state index contributed by atoms with van der Waals surface area (Å²) in [7, 11) is 0. The number of carbonyl (C=O) groups excluding carboxylic acids is 2. The first-order valence-electron chi connectivity index (χ1n) is 11.2. The number of amidine groups is 1. The van der Waals surface area contributed by atoms with Crippen LogP contribution in [0.15, 0.2) is 47.5 Å². The summed E-state index contributed by atoms with van der Waals surface area (Å²) < 4.78 is 5.67. The number of ether oxygens (including phenoxy) is 1. The van der Waals surface area contributed by atoms with Crippen molar-refractivity contribution in [2.75, 3.05) is 11.9 Å². The van der Waals surface area contributed by atoms with E-state index in [-0.39, 0.29) is 40.7 Å². The average Bonchev–Trinajstić information content (AvgIpc) is 3.10. The van der Waals surface area contributed by atoms with Crippen molar-refractivity contribution in [3.8, 4) is 5.75 Å². The molecule has 0 radical (unpaired) electrons. The third-order valence-corrected chi connectivity index (χ3v) is 7.01. The summed E-state index contributed by atoms with van der Waals surface area (Å²) in [6.07, 6.45) is -0.143. The van der Waals surface area contributed by atoms with Gasteiger partial charge in [-0.05, 0) is 38.0 Å². The Morgan fingerprint density at radius 3 is 2.66 bits per heavy atom. The number of rotatable bonds is 9. The van der Waals surface area contributed by atoms with Crippen molar-refractivity contribution in [3.05, 3.63) is 57.6 Å². The Kier molecular flexibility index (Phi) is 8.74. The lowest BCUT2D eigenvalue weighted by molar-refractivity contribution is -0.384. The fourth-order valence-electron chi connectivity index (χ4n) is 3.39. The molecule has 1 aliphatic heterocycles. The van der Waals surface area contributed by atoms with Gasteiger partial charge >= 0.3 is 0 Å². The third kappa shape index (κ3) is 6.32. The van der Waals surface area contributed by atoms with E-state index < -0.39 is 16.1 Å². The lowest BCUT2D eigenvalue weighted by atomic mass is 10.0. The molecule has 0 saturated carbocycles. The zero-order valence-corrected chi connectivity index (χ0v) is 21.4. The molecule has 35 heavy (non-hydrogen) atoms. The van der Waals surface area contributed by atoms with Crippen LogP contribution in [-0.2, 0) is 9.59 Å². The number of carbonyl (C=O) groups is 2. The molecule has 9 nitrogen and oxygen atoms in total. The summed E-state index contributed by atoms with van der Waals surface area (Å²) in [6, 6.07) is 11.0. The molecule has 2 aromatic carbocycles. The van der Waals surface area contributed by atoms with Crippen LogP contribution in [0.2, 0.25) is 5.02 Å². The number of anilines is 1. The van der Waals surface area contributed by atoms with Gasteiger partial charge in [0.05, 0.1) is 22.2 Å². The third-order valence-electron chi connectivity index (χ3n) is 5.53. The van der Waals surface area contributed by atoms with Crippen molar-refractivity contribution < 1.29 is 19.2 Å². The molecular formula is C24H27ClN4O5S. The Morgan fingerprint density at radius 1 is 1.29 bits per heavy atom. The molecule has 0 spiro atoms. The summed E-state index contributed by atoms with van der Waals surface area (Å²) in [5, 5.41) is 13.6. The number of nitro benzene ring substituents is 1. The second-order valence-electron chi connectivity index (χ2n) is 8.27. The maximum absolute atomic E-state index is 13.4. The number of benzene rings is 2. The lowest BCUT2D eigenvalue weighted by Gasteiger charge is -2.27. The summed E-state index contributed by atoms with van der Waals surface area (Å²) in [5.41, 5.74) is 0.516. The number of amides is 2. The Hall–Kier alpha value is -3.11. The van der Waals surface area contributed by atoms with Gasteiger partial charge < -0.3 is 10.1 Å². The average molecular weight is 519 g/mol. The highest BCUT2D eigenvalue weighted by Crippen LogP contribution is 2.37. The van der Waals surface area contributed by atoms with Gasteiger partial charge in [-0.2, -0.15) is 0 Å². The molecule has 0 aromatic heterocycles. The fraction of sp³-hybridized carbons (Fsp3) is 0.375. The van der Waals surface area contributed by atoms with E-state index in [1.165, 1.54) is 30.0 Å². The maximum atomic E-state index is 13.4. The van der Waals surface area contributed by atoms with Gasteiger partial charge in [0.2, 0.25) is 11.8 Å². The first-order valence-corrected chi connectivity index (χ1v) is 12.4. The van der Waals surface area contributed by atoms with Crippen LogP contribution >= 0.6 is 23.4 Å². The topological polar surface area (TPSA) is 114 Å². The molecule has 11 heteroatoms. The van der Waals surface area contributed by atoms with Crippen molar-refractivity contribution >= 4 is 57.4 Å². The van der Waals surface area contributed by atoms with Gasteiger partial charge in [-0.3, -0.25) is 24.6 Å². The monoisotopic (exact) mass is 518 g/mol. The quantitative estimate of drug-likeness (QED) is 0.339. The van der Waals surface area contributed by atoms with Gasteiger partial charge in [-0.1, -0.05) is 49.3 Å². The highest BCUT2D eigenvalue weighted by atomic mass is 35.5. The normalized spacial score (nSPS) is 17.7. The van der Waals surface area contributed by atoms with Gasteiger partial charge in [0.25, 0.3) is 5.69 Å². The standard InChI is InChI=1S/C24H27ClN4O5S/c1-5-34-20-9-7-6-8-18(20)27-24-28(15(4)14(2)3)23(31)21(35-24)13-22(30)26-19-12-16(29(32)33)10-11-17(19)25/h6-12,14-15,21H,5,13H2,1-4H3,(H,26,30)/t15-,21+/m0/s1. The number of hydrogen-bond donors (Lipinski definition) is 1. The van der Waals surface area contributed by atoms with E-state index in [0.29, 0.717) is 23.2 Å². The number of halogens is 1. The van der Waals surface area contributed by atoms with Crippen LogP contribution in [0.5, 0.6) is 5.75 Å². The number of nitro groups is 1. The molecule has 1 saturated heterocycles. The largest absolute Gasteiger partial charge is 0.492 e. The van der Waals surface area contributed by atoms with Crippen molar-refractivity contribution in [1.29, 1.82) is 0 Å². The van der Waals surface area contributed by atoms with Gasteiger partial charge in [0.1, 0.15) is 16.7 Å². The number of thioether (sulfide) groups is 1. The van der Waals surface area contributed by atoms with Crippen LogP contribution in [0.25, 0.3) is 0 Å². The number of nitrogens with zero attached hydrogens (tertiary/aromatic N) is 3. The summed E-state index contributed by atoms with van der Waals surface area (Å²) >= 11 is 7.31. The van der Waals surface area contributed by atoms with E-state index in [1.54, 1.807) is 4.90 Å². The van der Waals surface area contributed by atoms with Gasteiger partial charge in [-0.15, -0.1) is 0 Å². The Bertz CT molecular complexity index is 1160. The van der Waals surface area contributed by atoms with Gasteiger partial charge in [-0.25, -0.2) is 4.99 Å². The second-order valence-corrected chi connectivity index (χ2v) is 9.85. The Balaban J connectivity index is 1.85. The molecule has 1 aliphatic rings. The minimum absolute atomic E-state index is 0.119. The number of para-hydroxylation sites is 2. The van der Waals surface area contributed by atoms with E-state index in [1.807, 2.05) is 52.0 Å². The molecule has 2 atom stereocenters. The lowest BCUT2D eigenvalue weighted by Crippen LogP contribution is -2.42. The van der Waals surface area contributed by atoms with Crippen LogP contribution < -0.4 is 10.1 Å². The predicted octanol–water partition coefficient (Wildman–Crippen LogP) is 5.65. The second kappa shape index (κ2) is 11.5. The first kappa shape index (κ1) is 26.5. The van der Waals surface area contributed by atoms with Crippen molar-refractivity contribution in [2.24, 2.45) is 10.9 Å². The molecule has 0 aliphatic carbocycles. The Labute approximate surface area is 213 Å². The van der Waals surface area contributed by atoms with E-state index in [0.717, 1.165) is 0 Å². The SMILES string of the molecule is CCOc1ccccc1N=C1S[C@H](CC(=O)Nc2cc([N+](=O)[O-])ccc2Cl)C(=O)N1[C@@H](C)C(C)C. The number of non-ortho nitro benzene ring substituents is 1. The van der Waals surface area contributed by atoms with Gasteiger partial charge in [0, 0.05) is 24.6 Å². The molecule has 1 fully saturated rings. The number of hydrogen-bond acceptors (Lipinski definition) is 7. The maximum Gasteiger partial charge on any atom is 0.271 e.